The Kier molecular flexibility index (Phi) is 3.71. The molecule has 0 fully saturated rings. The fourth-order valence-corrected chi connectivity index (χ4v) is 1.86. The second-order valence-electron chi connectivity index (χ2n) is 3.84. The Hall–Kier alpha value is -1.46. The second kappa shape index (κ2) is 5.25. The van der Waals surface area contributed by atoms with Crippen LogP contribution in [0.3, 0.4) is 0 Å². The highest BCUT2D eigenvalue weighted by atomic mass is 19.1. The zero-order chi connectivity index (χ0) is 12.3. The van der Waals surface area contributed by atoms with Gasteiger partial charge in [0.1, 0.15) is 5.82 Å². The van der Waals surface area contributed by atoms with Crippen molar-refractivity contribution >= 4 is 10.9 Å². The van der Waals surface area contributed by atoms with Crippen LogP contribution in [-0.2, 0) is 17.9 Å². The van der Waals surface area contributed by atoms with E-state index in [-0.39, 0.29) is 12.4 Å². The van der Waals surface area contributed by atoms with E-state index < -0.39 is 0 Å². The zero-order valence-electron chi connectivity index (χ0n) is 9.69. The smallest absolute Gasteiger partial charge is 0.124 e. The number of fused-ring (bicyclic) bond motifs is 1. The van der Waals surface area contributed by atoms with Crippen LogP contribution >= 0.6 is 0 Å². The van der Waals surface area contributed by atoms with Crippen molar-refractivity contribution in [2.75, 3.05) is 13.7 Å². The van der Waals surface area contributed by atoms with Crippen LogP contribution in [0.2, 0.25) is 0 Å². The van der Waals surface area contributed by atoms with Crippen molar-refractivity contribution in [1.29, 1.82) is 0 Å². The van der Waals surface area contributed by atoms with Crippen molar-refractivity contribution in [3.8, 4) is 0 Å². The Morgan fingerprint density at radius 2 is 2.29 bits per heavy atom. The predicted octanol–water partition coefficient (Wildman–Crippen LogP) is 1.70. The van der Waals surface area contributed by atoms with Gasteiger partial charge in [-0.05, 0) is 24.6 Å². The molecule has 92 valence electrons. The monoisotopic (exact) mass is 238 g/mol. The van der Waals surface area contributed by atoms with Crippen molar-refractivity contribution in [2.45, 2.75) is 19.6 Å². The molecular weight excluding hydrogens is 223 g/mol. The van der Waals surface area contributed by atoms with E-state index in [9.17, 15) is 9.50 Å². The van der Waals surface area contributed by atoms with Crippen LogP contribution in [0.25, 0.3) is 10.9 Å². The maximum Gasteiger partial charge on any atom is 0.124 e. The Morgan fingerprint density at radius 1 is 1.47 bits per heavy atom. The van der Waals surface area contributed by atoms with Crippen molar-refractivity contribution in [3.05, 3.63) is 29.7 Å². The molecule has 0 bridgehead atoms. The standard InChI is InChI=1S/C12H15FN2O2/c1-17-6-2-5-15-12-4-3-9(13)7-10(12)11(8-16)14-15/h3-4,7,16H,2,5-6,8H2,1H3. The molecule has 5 heteroatoms. The summed E-state index contributed by atoms with van der Waals surface area (Å²) in [6.45, 7) is 1.16. The fourth-order valence-electron chi connectivity index (χ4n) is 1.86. The second-order valence-corrected chi connectivity index (χ2v) is 3.84. The fraction of sp³-hybridized carbons (Fsp3) is 0.417. The number of hydrogen-bond donors (Lipinski definition) is 1. The highest BCUT2D eigenvalue weighted by Gasteiger charge is 2.10. The molecule has 0 aliphatic carbocycles. The SMILES string of the molecule is COCCCn1nc(CO)c2cc(F)ccc21. The Balaban J connectivity index is 2.35. The third-order valence-corrected chi connectivity index (χ3v) is 2.66. The van der Waals surface area contributed by atoms with Gasteiger partial charge in [-0.15, -0.1) is 0 Å². The summed E-state index contributed by atoms with van der Waals surface area (Å²) >= 11 is 0. The van der Waals surface area contributed by atoms with Crippen LogP contribution in [0.15, 0.2) is 18.2 Å². The molecule has 2 rings (SSSR count). The first-order valence-corrected chi connectivity index (χ1v) is 5.51. The zero-order valence-corrected chi connectivity index (χ0v) is 9.69. The first kappa shape index (κ1) is 12.0. The number of halogens is 1. The molecule has 0 spiro atoms. The molecule has 0 saturated carbocycles. The van der Waals surface area contributed by atoms with E-state index in [2.05, 4.69) is 5.10 Å². The highest BCUT2D eigenvalue weighted by Crippen LogP contribution is 2.20. The number of nitrogens with zero attached hydrogens (tertiary/aromatic N) is 2. The van der Waals surface area contributed by atoms with E-state index in [1.165, 1.54) is 12.1 Å². The van der Waals surface area contributed by atoms with E-state index in [1.807, 2.05) is 0 Å². The van der Waals surface area contributed by atoms with E-state index in [1.54, 1.807) is 17.9 Å². The summed E-state index contributed by atoms with van der Waals surface area (Å²) in [6, 6.07) is 4.49. The molecule has 1 aromatic heterocycles. The molecule has 0 unspecified atom stereocenters. The lowest BCUT2D eigenvalue weighted by Crippen LogP contribution is -2.03. The molecule has 17 heavy (non-hydrogen) atoms. The Labute approximate surface area is 98.6 Å². The number of methoxy groups -OCH3 is 1. The van der Waals surface area contributed by atoms with Crippen molar-refractivity contribution < 1.29 is 14.2 Å². The van der Waals surface area contributed by atoms with Crippen molar-refractivity contribution in [2.24, 2.45) is 0 Å². The molecule has 0 atom stereocenters. The molecule has 2 aromatic rings. The first-order valence-electron chi connectivity index (χ1n) is 5.51. The molecular formula is C12H15FN2O2. The summed E-state index contributed by atoms with van der Waals surface area (Å²) in [5, 5.41) is 14.1. The average molecular weight is 238 g/mol. The summed E-state index contributed by atoms with van der Waals surface area (Å²) in [6.07, 6.45) is 0.829. The van der Waals surface area contributed by atoms with Gasteiger partial charge in [-0.3, -0.25) is 4.68 Å². The van der Waals surface area contributed by atoms with Crippen LogP contribution in [0.4, 0.5) is 4.39 Å². The number of hydrogen-bond acceptors (Lipinski definition) is 3. The summed E-state index contributed by atoms with van der Waals surface area (Å²) in [7, 11) is 1.65. The van der Waals surface area contributed by atoms with E-state index in [0.717, 1.165) is 11.9 Å². The van der Waals surface area contributed by atoms with Gasteiger partial charge in [0.05, 0.1) is 17.8 Å². The van der Waals surface area contributed by atoms with Crippen LogP contribution in [0.1, 0.15) is 12.1 Å². The van der Waals surface area contributed by atoms with Gasteiger partial charge in [0, 0.05) is 25.6 Å². The Morgan fingerprint density at radius 3 is 3.00 bits per heavy atom. The third kappa shape index (κ3) is 2.45. The highest BCUT2D eigenvalue weighted by molar-refractivity contribution is 5.81. The topological polar surface area (TPSA) is 47.3 Å². The lowest BCUT2D eigenvalue weighted by atomic mass is 10.2. The maximum atomic E-state index is 13.1. The van der Waals surface area contributed by atoms with Gasteiger partial charge in [-0.2, -0.15) is 5.10 Å². The number of aliphatic hydroxyl groups is 1. The molecule has 1 heterocycles. The van der Waals surface area contributed by atoms with Gasteiger partial charge in [0.15, 0.2) is 0 Å². The number of ether oxygens (including phenoxy) is 1. The molecule has 0 aliphatic rings. The molecule has 0 amide bonds. The minimum atomic E-state index is -0.316. The molecule has 0 radical (unpaired) electrons. The minimum absolute atomic E-state index is 0.183. The third-order valence-electron chi connectivity index (χ3n) is 2.66. The predicted molar refractivity (Wildman–Crippen MR) is 62.1 cm³/mol. The maximum absolute atomic E-state index is 13.1. The first-order chi connectivity index (χ1) is 8.26. The molecule has 1 aromatic carbocycles. The molecule has 0 saturated heterocycles. The number of aliphatic hydroxyl groups excluding tert-OH is 1. The van der Waals surface area contributed by atoms with Crippen molar-refractivity contribution in [1.82, 2.24) is 9.78 Å². The lowest BCUT2D eigenvalue weighted by Gasteiger charge is -2.02. The Bertz CT molecular complexity index is 510. The summed E-state index contributed by atoms with van der Waals surface area (Å²) in [4.78, 5) is 0. The molecule has 4 nitrogen and oxygen atoms in total. The largest absolute Gasteiger partial charge is 0.390 e. The lowest BCUT2D eigenvalue weighted by molar-refractivity contribution is 0.189. The van der Waals surface area contributed by atoms with E-state index in [0.29, 0.717) is 24.2 Å². The van der Waals surface area contributed by atoms with Crippen molar-refractivity contribution in [3.63, 3.8) is 0 Å². The quantitative estimate of drug-likeness (QED) is 0.806. The number of aryl methyl sites for hydroxylation is 1. The normalized spacial score (nSPS) is 11.2. The van der Waals surface area contributed by atoms with Crippen LogP contribution in [0, 0.1) is 5.82 Å². The van der Waals surface area contributed by atoms with Crippen LogP contribution in [0.5, 0.6) is 0 Å². The minimum Gasteiger partial charge on any atom is -0.390 e. The van der Waals surface area contributed by atoms with Crippen LogP contribution in [-0.4, -0.2) is 28.6 Å². The van der Waals surface area contributed by atoms with Gasteiger partial charge in [-0.25, -0.2) is 4.39 Å². The van der Waals surface area contributed by atoms with Gasteiger partial charge in [0.2, 0.25) is 0 Å². The summed E-state index contributed by atoms with van der Waals surface area (Å²) in [5.41, 5.74) is 1.35. The van der Waals surface area contributed by atoms with Gasteiger partial charge < -0.3 is 9.84 Å². The van der Waals surface area contributed by atoms with E-state index >= 15 is 0 Å². The molecule has 0 aliphatic heterocycles. The average Bonchev–Trinajstić information content (AvgIpc) is 2.67. The summed E-state index contributed by atoms with van der Waals surface area (Å²) in [5.74, 6) is -0.316. The van der Waals surface area contributed by atoms with Gasteiger partial charge >= 0.3 is 0 Å². The summed E-state index contributed by atoms with van der Waals surface area (Å²) < 4.78 is 19.9. The number of aromatic nitrogens is 2. The number of benzene rings is 1. The van der Waals surface area contributed by atoms with Gasteiger partial charge in [0.25, 0.3) is 0 Å². The molecule has 1 N–H and O–H groups in total. The number of rotatable bonds is 5. The van der Waals surface area contributed by atoms with Gasteiger partial charge in [-0.1, -0.05) is 0 Å². The van der Waals surface area contributed by atoms with E-state index in [4.69, 9.17) is 4.74 Å². The van der Waals surface area contributed by atoms with Crippen LogP contribution < -0.4 is 0 Å².